The van der Waals surface area contributed by atoms with Gasteiger partial charge in [-0.1, -0.05) is 38.5 Å². The Morgan fingerprint density at radius 1 is 0.971 bits per heavy atom. The molecule has 4 amide bonds. The minimum Gasteiger partial charge on any atom is -0.358 e. The predicted molar refractivity (Wildman–Crippen MR) is 133 cm³/mol. The fraction of sp³-hybridized carbons (Fsp3) is 0.308. The third-order valence-electron chi connectivity index (χ3n) is 5.62. The topological polar surface area (TPSA) is 116 Å². The number of urea groups is 1. The number of carbonyl (C=O) groups excluding carboxylic acids is 3. The molecule has 0 aliphatic rings. The number of amides is 4. The molecule has 0 atom stereocenters. The molecule has 0 bridgehead atoms. The van der Waals surface area contributed by atoms with Crippen LogP contribution < -0.4 is 16.0 Å². The average Bonchev–Trinajstić information content (AvgIpc) is 3.15. The Bertz CT molecular complexity index is 1310. The van der Waals surface area contributed by atoms with Crippen molar-refractivity contribution in [1.29, 1.82) is 5.26 Å². The van der Waals surface area contributed by atoms with Crippen LogP contribution in [0.1, 0.15) is 46.5 Å². The van der Waals surface area contributed by atoms with Gasteiger partial charge in [0.25, 0.3) is 5.91 Å². The number of hydrogen-bond donors (Lipinski definition) is 3. The maximum atomic E-state index is 12.6. The number of nitrogens with one attached hydrogen (secondary N) is 3. The SMILES string of the molecule is CCCCC(=O)NC(=O)NC(=O)C(C#N)=C(CC)Nc1ccc2c(c1)c1ccccc1n2CC. The largest absolute Gasteiger partial charge is 0.358 e. The number of anilines is 1. The predicted octanol–water partition coefficient (Wildman–Crippen LogP) is 4.96. The molecule has 0 saturated carbocycles. The molecule has 1 aromatic heterocycles. The molecule has 0 radical (unpaired) electrons. The zero-order valence-electron chi connectivity index (χ0n) is 19.7. The van der Waals surface area contributed by atoms with Crippen molar-refractivity contribution in [2.45, 2.75) is 53.0 Å². The van der Waals surface area contributed by atoms with Crippen LogP contribution in [0.5, 0.6) is 0 Å². The van der Waals surface area contributed by atoms with Crippen LogP contribution in [0.4, 0.5) is 10.5 Å². The molecular weight excluding hydrogens is 430 g/mol. The van der Waals surface area contributed by atoms with Crippen molar-refractivity contribution < 1.29 is 14.4 Å². The summed E-state index contributed by atoms with van der Waals surface area (Å²) < 4.78 is 2.24. The van der Waals surface area contributed by atoms with Gasteiger partial charge in [-0.25, -0.2) is 4.79 Å². The number of aromatic nitrogens is 1. The van der Waals surface area contributed by atoms with E-state index < -0.39 is 17.8 Å². The summed E-state index contributed by atoms with van der Waals surface area (Å²) in [5, 5.41) is 19.2. The van der Waals surface area contributed by atoms with Crippen molar-refractivity contribution in [3.05, 3.63) is 53.7 Å². The van der Waals surface area contributed by atoms with E-state index in [1.54, 1.807) is 0 Å². The lowest BCUT2D eigenvalue weighted by Crippen LogP contribution is -2.43. The summed E-state index contributed by atoms with van der Waals surface area (Å²) in [5.41, 5.74) is 3.13. The van der Waals surface area contributed by atoms with Crippen LogP contribution in [-0.2, 0) is 16.1 Å². The van der Waals surface area contributed by atoms with Crippen molar-refractivity contribution in [1.82, 2.24) is 15.2 Å². The van der Waals surface area contributed by atoms with Gasteiger partial charge in [0.15, 0.2) is 0 Å². The summed E-state index contributed by atoms with van der Waals surface area (Å²) in [4.78, 5) is 36.3. The molecule has 3 aromatic rings. The van der Waals surface area contributed by atoms with Gasteiger partial charge >= 0.3 is 6.03 Å². The zero-order chi connectivity index (χ0) is 24.7. The van der Waals surface area contributed by atoms with Crippen molar-refractivity contribution in [2.75, 3.05) is 5.32 Å². The van der Waals surface area contributed by atoms with Crippen molar-refractivity contribution in [3.63, 3.8) is 0 Å². The number of allylic oxidation sites excluding steroid dienone is 1. The van der Waals surface area contributed by atoms with Gasteiger partial charge in [-0.2, -0.15) is 5.26 Å². The molecule has 0 saturated heterocycles. The highest BCUT2D eigenvalue weighted by Gasteiger charge is 2.19. The molecule has 34 heavy (non-hydrogen) atoms. The molecule has 0 aliphatic carbocycles. The molecule has 8 nitrogen and oxygen atoms in total. The number of nitriles is 1. The fourth-order valence-corrected chi connectivity index (χ4v) is 3.95. The lowest BCUT2D eigenvalue weighted by atomic mass is 10.1. The second-order valence-corrected chi connectivity index (χ2v) is 7.87. The van der Waals surface area contributed by atoms with E-state index >= 15 is 0 Å². The van der Waals surface area contributed by atoms with E-state index in [0.29, 0.717) is 18.5 Å². The number of hydrogen-bond acceptors (Lipinski definition) is 5. The van der Waals surface area contributed by atoms with Gasteiger partial charge in [0.05, 0.1) is 0 Å². The van der Waals surface area contributed by atoms with E-state index in [9.17, 15) is 19.6 Å². The Morgan fingerprint density at radius 2 is 1.71 bits per heavy atom. The second-order valence-electron chi connectivity index (χ2n) is 7.87. The molecular formula is C26H29N5O3. The number of carbonyl (C=O) groups is 3. The summed E-state index contributed by atoms with van der Waals surface area (Å²) >= 11 is 0. The normalized spacial score (nSPS) is 11.6. The number of rotatable bonds is 8. The molecule has 0 aliphatic heterocycles. The summed E-state index contributed by atoms with van der Waals surface area (Å²) in [5.74, 6) is -1.33. The van der Waals surface area contributed by atoms with Crippen LogP contribution >= 0.6 is 0 Å². The standard InChI is InChI=1S/C26H29N5O3/c1-4-7-12-24(32)29-26(34)30-25(33)20(16-27)21(5-2)28-17-13-14-23-19(15-17)18-10-8-9-11-22(18)31(23)6-3/h8-11,13-15,28H,4-7,12H2,1-3H3,(H2,29,30,32,33,34). The van der Waals surface area contributed by atoms with Gasteiger partial charge in [-0.3, -0.25) is 20.2 Å². The minimum absolute atomic E-state index is 0.192. The smallest absolute Gasteiger partial charge is 0.328 e. The molecule has 0 spiro atoms. The fourth-order valence-electron chi connectivity index (χ4n) is 3.95. The van der Waals surface area contributed by atoms with Crippen LogP contribution in [0, 0.1) is 11.3 Å². The summed E-state index contributed by atoms with van der Waals surface area (Å²) in [7, 11) is 0. The molecule has 176 valence electrons. The van der Waals surface area contributed by atoms with Crippen molar-refractivity contribution in [3.8, 4) is 6.07 Å². The van der Waals surface area contributed by atoms with E-state index in [0.717, 1.165) is 40.5 Å². The molecule has 2 aromatic carbocycles. The van der Waals surface area contributed by atoms with Gasteiger partial charge < -0.3 is 9.88 Å². The van der Waals surface area contributed by atoms with Crippen LogP contribution in [-0.4, -0.2) is 22.4 Å². The van der Waals surface area contributed by atoms with E-state index in [1.807, 2.05) is 50.2 Å². The Hall–Kier alpha value is -4.12. The Kier molecular flexibility index (Phi) is 8.04. The number of nitrogens with zero attached hydrogens (tertiary/aromatic N) is 2. The number of aryl methyl sites for hydroxylation is 1. The monoisotopic (exact) mass is 459 g/mol. The summed E-state index contributed by atoms with van der Waals surface area (Å²) in [6.45, 7) is 6.67. The van der Waals surface area contributed by atoms with Crippen LogP contribution in [0.2, 0.25) is 0 Å². The number of fused-ring (bicyclic) bond motifs is 3. The number of unbranched alkanes of at least 4 members (excludes halogenated alkanes) is 1. The number of benzene rings is 2. The first-order valence-corrected chi connectivity index (χ1v) is 11.5. The van der Waals surface area contributed by atoms with Gasteiger partial charge in [0, 0.05) is 46.2 Å². The molecule has 1 heterocycles. The third kappa shape index (κ3) is 5.26. The number of para-hydroxylation sites is 1. The molecule has 0 unspecified atom stereocenters. The lowest BCUT2D eigenvalue weighted by molar-refractivity contribution is -0.120. The van der Waals surface area contributed by atoms with Crippen LogP contribution in [0.25, 0.3) is 21.8 Å². The van der Waals surface area contributed by atoms with E-state index in [1.165, 1.54) is 0 Å². The molecule has 0 fully saturated rings. The van der Waals surface area contributed by atoms with E-state index in [4.69, 9.17) is 0 Å². The van der Waals surface area contributed by atoms with Gasteiger partial charge in [0.2, 0.25) is 5.91 Å². The maximum Gasteiger partial charge on any atom is 0.328 e. The first-order chi connectivity index (χ1) is 16.4. The Morgan fingerprint density at radius 3 is 2.38 bits per heavy atom. The van der Waals surface area contributed by atoms with Crippen LogP contribution in [0.15, 0.2) is 53.7 Å². The highest BCUT2D eigenvalue weighted by Crippen LogP contribution is 2.31. The van der Waals surface area contributed by atoms with Crippen molar-refractivity contribution >= 4 is 45.3 Å². The quantitative estimate of drug-likeness (QED) is 0.325. The maximum absolute atomic E-state index is 12.6. The van der Waals surface area contributed by atoms with Gasteiger partial charge in [-0.15, -0.1) is 0 Å². The van der Waals surface area contributed by atoms with Crippen molar-refractivity contribution in [2.24, 2.45) is 0 Å². The highest BCUT2D eigenvalue weighted by molar-refractivity contribution is 6.10. The molecule has 8 heteroatoms. The van der Waals surface area contributed by atoms with Gasteiger partial charge in [0.1, 0.15) is 11.6 Å². The van der Waals surface area contributed by atoms with Crippen LogP contribution in [0.3, 0.4) is 0 Å². The second kappa shape index (κ2) is 11.1. The average molecular weight is 460 g/mol. The highest BCUT2D eigenvalue weighted by atomic mass is 16.2. The molecule has 3 N–H and O–H groups in total. The van der Waals surface area contributed by atoms with E-state index in [2.05, 4.69) is 39.6 Å². The summed E-state index contributed by atoms with van der Waals surface area (Å²) in [6, 6.07) is 15.0. The first-order valence-electron chi connectivity index (χ1n) is 11.5. The summed E-state index contributed by atoms with van der Waals surface area (Å²) in [6.07, 6.45) is 2.01. The Balaban J connectivity index is 1.85. The number of imide groups is 2. The molecule has 3 rings (SSSR count). The van der Waals surface area contributed by atoms with Gasteiger partial charge in [-0.05, 0) is 44.0 Å². The Labute approximate surface area is 198 Å². The third-order valence-corrected chi connectivity index (χ3v) is 5.62. The van der Waals surface area contributed by atoms with E-state index in [-0.39, 0.29) is 12.0 Å². The minimum atomic E-state index is -0.942. The zero-order valence-corrected chi connectivity index (χ0v) is 19.7. The first kappa shape index (κ1) is 24.5. The lowest BCUT2D eigenvalue weighted by Gasteiger charge is -2.13.